The summed E-state index contributed by atoms with van der Waals surface area (Å²) in [6.07, 6.45) is -4.96. The van der Waals surface area contributed by atoms with Gasteiger partial charge in [0.05, 0.1) is 39.9 Å². The zero-order valence-electron chi connectivity index (χ0n) is 71.2. The molecule has 2 aromatic heterocycles. The van der Waals surface area contributed by atoms with Gasteiger partial charge in [-0.3, -0.25) is 24.0 Å². The van der Waals surface area contributed by atoms with E-state index < -0.39 is 22.1 Å². The van der Waals surface area contributed by atoms with Crippen molar-refractivity contribution in [1.82, 2.24) is 29.6 Å². The minimum atomic E-state index is -4.96. The minimum absolute atomic E-state index is 0.0405. The topological polar surface area (TPSA) is 230 Å². The average molecular weight is 1740 g/mol. The molecule has 0 fully saturated rings. The number of hydrogen-bond acceptors (Lipinski definition) is 17. The van der Waals surface area contributed by atoms with Gasteiger partial charge in [0, 0.05) is 93.3 Å². The van der Waals surface area contributed by atoms with Crippen molar-refractivity contribution in [1.29, 1.82) is 0 Å². The number of nitrogens with one attached hydrogen (secondary N) is 2. The molecule has 0 unspecified atom stereocenters. The van der Waals surface area contributed by atoms with E-state index in [9.17, 15) is 45.6 Å². The number of thiophene rings is 2. The van der Waals surface area contributed by atoms with E-state index in [-0.39, 0.29) is 72.5 Å². The molecule has 0 saturated carbocycles. The summed E-state index contributed by atoms with van der Waals surface area (Å²) in [4.78, 5) is 67.5. The molecule has 21 nitrogen and oxygen atoms in total. The SMILES string of the molecule is COc1cc(CN(CCNC(=O)C(F)(F)F)C(=O)C(C)C)ccc1OCc1ccccc1.COc1cc(CN(CCNC(C)=O)C(=O)C(C)C)ccc1OCc1ccccc1.COc1cc(CN(Cc2cccs2)C(=O)C(C)C)ccc1OCc1ccccc1.COc1cc(CN(Cc2cccs2)S(=O)(=O)c2ccccc2)ccc1OCc1ccccc1. The summed E-state index contributed by atoms with van der Waals surface area (Å²) in [6.45, 7) is 16.9. The third kappa shape index (κ3) is 32.0. The molecular weight excluding hydrogens is 1630 g/mol. The first-order chi connectivity index (χ1) is 59.1. The highest BCUT2D eigenvalue weighted by atomic mass is 32.2. The zero-order chi connectivity index (χ0) is 88.7. The lowest BCUT2D eigenvalue weighted by molar-refractivity contribution is -0.173. The van der Waals surface area contributed by atoms with Crippen LogP contribution in [0, 0.1) is 17.8 Å². The summed E-state index contributed by atoms with van der Waals surface area (Å²) in [6, 6.07) is 78.2. The number of nitrogens with zero attached hydrogens (tertiary/aromatic N) is 4. The normalized spacial score (nSPS) is 11.0. The third-order valence-corrected chi connectivity index (χ3v) is 22.2. The Morgan fingerprint density at radius 3 is 0.959 bits per heavy atom. The lowest BCUT2D eigenvalue weighted by Crippen LogP contribution is -2.43. The fourth-order valence-electron chi connectivity index (χ4n) is 12.3. The van der Waals surface area contributed by atoms with Crippen LogP contribution in [0.2, 0.25) is 0 Å². The van der Waals surface area contributed by atoms with Crippen LogP contribution < -0.4 is 48.5 Å². The summed E-state index contributed by atoms with van der Waals surface area (Å²) < 4.78 is 111. The molecule has 0 saturated heterocycles. The lowest BCUT2D eigenvalue weighted by atomic mass is 10.1. The Bertz CT molecular complexity index is 5160. The Balaban J connectivity index is 0.000000204. The van der Waals surface area contributed by atoms with Crippen molar-refractivity contribution in [2.24, 2.45) is 17.8 Å². The number of ether oxygens (including phenoxy) is 8. The Hall–Kier alpha value is -12.2. The second kappa shape index (κ2) is 49.7. The number of benzene rings is 9. The molecular formula is C96H109F3N6O15S3. The van der Waals surface area contributed by atoms with E-state index in [4.69, 9.17) is 37.9 Å². The number of carbonyl (C=O) groups excluding carboxylic acids is 5. The predicted octanol–water partition coefficient (Wildman–Crippen LogP) is 18.6. The Kier molecular flexibility index (Phi) is 38.9. The summed E-state index contributed by atoms with van der Waals surface area (Å²) in [5, 5.41) is 8.52. The molecule has 0 radical (unpaired) electrons. The maximum Gasteiger partial charge on any atom is 0.471 e. The van der Waals surface area contributed by atoms with Gasteiger partial charge in [-0.05, 0) is 128 Å². The maximum absolute atomic E-state index is 13.4. The van der Waals surface area contributed by atoms with Crippen LogP contribution in [0.25, 0.3) is 0 Å². The summed E-state index contributed by atoms with van der Waals surface area (Å²) in [7, 11) is 2.63. The van der Waals surface area contributed by atoms with E-state index in [1.54, 1.807) is 99.2 Å². The van der Waals surface area contributed by atoms with Crippen LogP contribution in [0.1, 0.15) is 103 Å². The molecule has 0 spiro atoms. The van der Waals surface area contributed by atoms with E-state index in [1.165, 1.54) is 39.5 Å². The highest BCUT2D eigenvalue weighted by molar-refractivity contribution is 7.89. The standard InChI is InChI=1S/C26H25NO4S2.C24H27NO3S.C23H27F3N2O4.C23H30N2O4/c1-30-26-17-22(14-15-25(26)31-20-21-9-4-2-5-10-21)18-27(19-23-11-8-16-32-23)33(28,29)24-12-6-3-7-13-24;1-18(2)24(26)25(16-21-10-7-13-29-21)15-20-11-12-22(23(14-20)27-3)28-17-19-8-5-4-6-9-19;1-16(2)21(29)28(12-11-27-22(30)23(24,25)26)14-18-9-10-19(20(13-18)31-3)32-15-17-7-5-4-6-8-17;1-17(2)23(27)25(13-12-24-18(3)26)15-20-10-11-21(22(14-20)28-4)29-16-19-8-6-5-7-9-19/h2-17H,18-20H2,1H3;4-14,18H,15-17H2,1-3H3;4-10,13,16H,11-12,14-15H2,1-3H3,(H,27,30);5-11,14,17H,12-13,15-16H2,1-4H3,(H,24,26). The molecule has 27 heteroatoms. The molecule has 11 rings (SSSR count). The van der Waals surface area contributed by atoms with E-state index in [2.05, 4.69) is 11.4 Å². The van der Waals surface area contributed by atoms with Gasteiger partial charge in [0.15, 0.2) is 46.0 Å². The van der Waals surface area contributed by atoms with Crippen molar-refractivity contribution in [3.05, 3.63) is 314 Å². The number of sulfonamides is 1. The molecule has 9 aromatic carbocycles. The van der Waals surface area contributed by atoms with Crippen LogP contribution in [-0.2, 0) is 99.7 Å². The van der Waals surface area contributed by atoms with Gasteiger partial charge in [0.2, 0.25) is 33.7 Å². The van der Waals surface area contributed by atoms with Gasteiger partial charge in [0.1, 0.15) is 26.4 Å². The van der Waals surface area contributed by atoms with Crippen LogP contribution in [0.4, 0.5) is 13.2 Å². The second-order valence-corrected chi connectivity index (χ2v) is 33.2. The number of alkyl halides is 3. The van der Waals surface area contributed by atoms with Crippen LogP contribution in [0.15, 0.2) is 264 Å². The number of carbonyl (C=O) groups is 5. The van der Waals surface area contributed by atoms with Gasteiger partial charge in [-0.25, -0.2) is 8.42 Å². The van der Waals surface area contributed by atoms with Crippen LogP contribution in [0.3, 0.4) is 0 Å². The molecule has 652 valence electrons. The van der Waals surface area contributed by atoms with Crippen molar-refractivity contribution in [2.75, 3.05) is 54.6 Å². The highest BCUT2D eigenvalue weighted by Gasteiger charge is 2.38. The van der Waals surface area contributed by atoms with Crippen molar-refractivity contribution in [3.63, 3.8) is 0 Å². The van der Waals surface area contributed by atoms with Crippen molar-refractivity contribution < 1.29 is 83.5 Å². The number of halogens is 3. The largest absolute Gasteiger partial charge is 0.493 e. The van der Waals surface area contributed by atoms with Gasteiger partial charge in [-0.2, -0.15) is 17.5 Å². The van der Waals surface area contributed by atoms with E-state index in [0.717, 1.165) is 43.8 Å². The first kappa shape index (κ1) is 96.3. The van der Waals surface area contributed by atoms with Gasteiger partial charge >= 0.3 is 12.1 Å². The molecule has 123 heavy (non-hydrogen) atoms. The fourth-order valence-corrected chi connectivity index (χ4v) is 15.2. The number of amides is 5. The van der Waals surface area contributed by atoms with Crippen molar-refractivity contribution in [3.8, 4) is 46.0 Å². The molecule has 0 atom stereocenters. The van der Waals surface area contributed by atoms with Gasteiger partial charge in [-0.15, -0.1) is 22.7 Å². The van der Waals surface area contributed by atoms with Crippen LogP contribution >= 0.6 is 22.7 Å². The summed E-state index contributed by atoms with van der Waals surface area (Å²) >= 11 is 3.20. The molecule has 0 aliphatic heterocycles. The van der Waals surface area contributed by atoms with Crippen LogP contribution in [-0.4, -0.2) is 118 Å². The smallest absolute Gasteiger partial charge is 0.471 e. The monoisotopic (exact) mass is 1740 g/mol. The Morgan fingerprint density at radius 1 is 0.358 bits per heavy atom. The number of rotatable bonds is 39. The molecule has 2 heterocycles. The molecule has 0 aliphatic carbocycles. The maximum atomic E-state index is 13.4. The zero-order valence-corrected chi connectivity index (χ0v) is 73.7. The van der Waals surface area contributed by atoms with E-state index in [1.807, 2.05) is 244 Å². The minimum Gasteiger partial charge on any atom is -0.493 e. The lowest BCUT2D eigenvalue weighted by Gasteiger charge is -2.25. The molecule has 2 N–H and O–H groups in total. The van der Waals surface area contributed by atoms with Gasteiger partial charge < -0.3 is 63.2 Å². The first-order valence-electron chi connectivity index (χ1n) is 40.0. The Labute approximate surface area is 728 Å². The van der Waals surface area contributed by atoms with E-state index >= 15 is 0 Å². The Morgan fingerprint density at radius 2 is 0.659 bits per heavy atom. The summed E-state index contributed by atoms with van der Waals surface area (Å²) in [5.41, 5.74) is 7.70. The van der Waals surface area contributed by atoms with Gasteiger partial charge in [0.25, 0.3) is 0 Å². The second-order valence-electron chi connectivity index (χ2n) is 29.2. The first-order valence-corrected chi connectivity index (χ1v) is 43.2. The molecule has 0 bridgehead atoms. The predicted molar refractivity (Wildman–Crippen MR) is 474 cm³/mol. The fraction of sp³-hybridized carbons (Fsp3) is 0.302. The van der Waals surface area contributed by atoms with Crippen molar-refractivity contribution in [2.45, 2.75) is 125 Å². The quantitative estimate of drug-likeness (QED) is 0.0365. The van der Waals surface area contributed by atoms with E-state index in [0.29, 0.717) is 117 Å². The molecule has 11 aromatic rings. The molecule has 0 aliphatic rings. The molecule has 5 amide bonds. The average Bonchev–Trinajstić information content (AvgIpc) is 1.53. The summed E-state index contributed by atoms with van der Waals surface area (Å²) in [5.74, 6) is 2.09. The third-order valence-electron chi connectivity index (χ3n) is 18.7. The van der Waals surface area contributed by atoms with Crippen LogP contribution in [0.5, 0.6) is 46.0 Å². The highest BCUT2D eigenvalue weighted by Crippen LogP contribution is 2.35. The number of hydrogen-bond donors (Lipinski definition) is 2. The number of methoxy groups -OCH3 is 4. The van der Waals surface area contributed by atoms with Gasteiger partial charge in [-0.1, -0.05) is 217 Å². The van der Waals surface area contributed by atoms with Crippen molar-refractivity contribution >= 4 is 62.2 Å².